The van der Waals surface area contributed by atoms with Gasteiger partial charge in [0, 0.05) is 24.0 Å². The zero-order valence-corrected chi connectivity index (χ0v) is 11.2. The molecule has 0 saturated heterocycles. The van der Waals surface area contributed by atoms with Crippen LogP contribution in [0.1, 0.15) is 54.4 Å². The summed E-state index contributed by atoms with van der Waals surface area (Å²) < 4.78 is 0. The normalized spacial score (nSPS) is 19.9. The maximum absolute atomic E-state index is 4.78. The van der Waals surface area contributed by atoms with Crippen LogP contribution in [0.25, 0.3) is 0 Å². The second-order valence-electron chi connectivity index (χ2n) is 6.48. The molecule has 0 aromatic rings. The number of amidine groups is 1. The van der Waals surface area contributed by atoms with Gasteiger partial charge in [-0.25, -0.2) is 0 Å². The molecule has 1 aliphatic rings. The molecule has 0 unspecified atom stereocenters. The van der Waals surface area contributed by atoms with Crippen LogP contribution in [0.4, 0.5) is 0 Å². The zero-order valence-electron chi connectivity index (χ0n) is 11.2. The Bertz CT molecular complexity index is 240. The molecule has 2 nitrogen and oxygen atoms in total. The van der Waals surface area contributed by atoms with Gasteiger partial charge in [0.05, 0.1) is 0 Å². The minimum atomic E-state index is 0.164. The molecule has 2 heteroatoms. The number of hydrogen-bond acceptors (Lipinski definition) is 2. The van der Waals surface area contributed by atoms with Crippen LogP contribution < -0.4 is 0 Å². The average Bonchev–Trinajstić information content (AvgIpc) is 2.24. The molecule has 0 N–H and O–H groups in total. The van der Waals surface area contributed by atoms with Gasteiger partial charge in [-0.1, -0.05) is 20.8 Å². The highest BCUT2D eigenvalue weighted by molar-refractivity contribution is 5.88. The van der Waals surface area contributed by atoms with Crippen LogP contribution in [0.3, 0.4) is 0 Å². The van der Waals surface area contributed by atoms with Crippen LogP contribution in [0.15, 0.2) is 4.99 Å². The molecule has 0 aliphatic carbocycles. The second-order valence-corrected chi connectivity index (χ2v) is 6.48. The van der Waals surface area contributed by atoms with E-state index in [2.05, 4.69) is 46.4 Å². The van der Waals surface area contributed by atoms with Gasteiger partial charge in [0.25, 0.3) is 0 Å². The van der Waals surface area contributed by atoms with E-state index < -0.39 is 0 Å². The summed E-state index contributed by atoms with van der Waals surface area (Å²) in [5, 5.41) is 0. The van der Waals surface area contributed by atoms with Crippen molar-refractivity contribution in [2.45, 2.75) is 59.9 Å². The Kier molecular flexibility index (Phi) is 3.47. The number of rotatable bonds is 0. The second kappa shape index (κ2) is 4.15. The lowest BCUT2D eigenvalue weighted by molar-refractivity contribution is 0.218. The van der Waals surface area contributed by atoms with Gasteiger partial charge >= 0.3 is 0 Å². The van der Waals surface area contributed by atoms with Crippen molar-refractivity contribution in [2.24, 2.45) is 10.4 Å². The van der Waals surface area contributed by atoms with Gasteiger partial charge in [0.1, 0.15) is 5.84 Å². The van der Waals surface area contributed by atoms with E-state index in [4.69, 9.17) is 4.99 Å². The van der Waals surface area contributed by atoms with Gasteiger partial charge in [-0.2, -0.15) is 0 Å². The summed E-state index contributed by atoms with van der Waals surface area (Å²) in [6.45, 7) is 15.8. The monoisotopic (exact) mass is 210 g/mol. The Morgan fingerprint density at radius 1 is 1.00 bits per heavy atom. The molecule has 0 aromatic carbocycles. The zero-order chi connectivity index (χ0) is 11.7. The van der Waals surface area contributed by atoms with Crippen LogP contribution in [-0.2, 0) is 0 Å². The molecular weight excluding hydrogens is 184 g/mol. The summed E-state index contributed by atoms with van der Waals surface area (Å²) in [5.41, 5.74) is 0.355. The summed E-state index contributed by atoms with van der Waals surface area (Å²) in [5.74, 6) is 1.28. The van der Waals surface area contributed by atoms with E-state index in [1.165, 1.54) is 18.7 Å². The first-order valence-corrected chi connectivity index (χ1v) is 6.05. The number of nitrogens with zero attached hydrogens (tertiary/aromatic N) is 2. The van der Waals surface area contributed by atoms with Gasteiger partial charge in [-0.05, 0) is 33.6 Å². The molecule has 15 heavy (non-hydrogen) atoms. The Labute approximate surface area is 94.8 Å². The van der Waals surface area contributed by atoms with E-state index in [0.717, 1.165) is 13.1 Å². The average molecular weight is 210 g/mol. The van der Waals surface area contributed by atoms with Gasteiger partial charge in [-0.3, -0.25) is 4.99 Å². The van der Waals surface area contributed by atoms with Crippen molar-refractivity contribution in [1.82, 2.24) is 4.90 Å². The topological polar surface area (TPSA) is 15.6 Å². The van der Waals surface area contributed by atoms with Gasteiger partial charge in [-0.15, -0.1) is 0 Å². The van der Waals surface area contributed by atoms with E-state index in [1.54, 1.807) is 0 Å². The molecule has 0 spiro atoms. The molecule has 0 saturated carbocycles. The quantitative estimate of drug-likeness (QED) is 0.599. The summed E-state index contributed by atoms with van der Waals surface area (Å²) in [4.78, 5) is 7.27. The fourth-order valence-electron chi connectivity index (χ4n) is 2.05. The summed E-state index contributed by atoms with van der Waals surface area (Å²) in [7, 11) is 0. The van der Waals surface area contributed by atoms with Crippen LogP contribution >= 0.6 is 0 Å². The van der Waals surface area contributed by atoms with Crippen LogP contribution in [0.5, 0.6) is 0 Å². The van der Waals surface area contributed by atoms with Crippen molar-refractivity contribution in [2.75, 3.05) is 13.1 Å². The first-order chi connectivity index (χ1) is 6.73. The van der Waals surface area contributed by atoms with E-state index >= 15 is 0 Å². The van der Waals surface area contributed by atoms with E-state index in [9.17, 15) is 0 Å². The number of hydrogen-bond donors (Lipinski definition) is 0. The molecule has 1 rings (SSSR count). The largest absolute Gasteiger partial charge is 0.355 e. The minimum absolute atomic E-state index is 0.164. The summed E-state index contributed by atoms with van der Waals surface area (Å²) >= 11 is 0. The Balaban J connectivity index is 3.00. The van der Waals surface area contributed by atoms with Crippen molar-refractivity contribution < 1.29 is 0 Å². The maximum Gasteiger partial charge on any atom is 0.105 e. The molecule has 1 heterocycles. The van der Waals surface area contributed by atoms with E-state index in [1.807, 2.05) is 0 Å². The van der Waals surface area contributed by atoms with Crippen molar-refractivity contribution >= 4 is 5.84 Å². The highest BCUT2D eigenvalue weighted by Crippen LogP contribution is 2.27. The van der Waals surface area contributed by atoms with Crippen molar-refractivity contribution in [1.29, 1.82) is 0 Å². The smallest absolute Gasteiger partial charge is 0.105 e. The summed E-state index contributed by atoms with van der Waals surface area (Å²) in [6.07, 6.45) is 2.49. The first-order valence-electron chi connectivity index (χ1n) is 6.05. The summed E-state index contributed by atoms with van der Waals surface area (Å²) in [6, 6.07) is 0. The third-order valence-corrected chi connectivity index (χ3v) is 2.79. The molecule has 88 valence electrons. The Morgan fingerprint density at radius 3 is 2.07 bits per heavy atom. The highest BCUT2D eigenvalue weighted by atomic mass is 15.2. The maximum atomic E-state index is 4.78. The number of aliphatic imine (C=N–C) groups is 1. The fraction of sp³-hybridized carbons (Fsp3) is 0.923. The van der Waals surface area contributed by atoms with Crippen molar-refractivity contribution in [3.8, 4) is 0 Å². The molecule has 0 atom stereocenters. The molecule has 0 aromatic heterocycles. The SMILES string of the molecule is CC(C)(C)C1=NCCCCN1C(C)(C)C. The third kappa shape index (κ3) is 3.22. The third-order valence-electron chi connectivity index (χ3n) is 2.79. The lowest BCUT2D eigenvalue weighted by Gasteiger charge is -2.42. The Hall–Kier alpha value is -0.530. The van der Waals surface area contributed by atoms with Crippen molar-refractivity contribution in [3.05, 3.63) is 0 Å². The standard InChI is InChI=1S/C13H26N2/c1-12(2,3)11-14-9-7-8-10-15(11)13(4,5)6/h7-10H2,1-6H3. The van der Waals surface area contributed by atoms with Crippen molar-refractivity contribution in [3.63, 3.8) is 0 Å². The molecular formula is C13H26N2. The molecule has 0 fully saturated rings. The highest BCUT2D eigenvalue weighted by Gasteiger charge is 2.32. The van der Waals surface area contributed by atoms with Gasteiger partial charge < -0.3 is 4.90 Å². The fourth-order valence-corrected chi connectivity index (χ4v) is 2.05. The van der Waals surface area contributed by atoms with Crippen LogP contribution in [0, 0.1) is 5.41 Å². The Morgan fingerprint density at radius 2 is 1.60 bits per heavy atom. The van der Waals surface area contributed by atoms with Crippen LogP contribution in [0.2, 0.25) is 0 Å². The lowest BCUT2D eigenvalue weighted by Crippen LogP contribution is -2.50. The van der Waals surface area contributed by atoms with E-state index in [0.29, 0.717) is 0 Å². The van der Waals surface area contributed by atoms with Crippen LogP contribution in [-0.4, -0.2) is 29.4 Å². The van der Waals surface area contributed by atoms with Gasteiger partial charge in [0.15, 0.2) is 0 Å². The van der Waals surface area contributed by atoms with E-state index in [-0.39, 0.29) is 11.0 Å². The first kappa shape index (κ1) is 12.5. The molecule has 0 radical (unpaired) electrons. The van der Waals surface area contributed by atoms with Gasteiger partial charge in [0.2, 0.25) is 0 Å². The minimum Gasteiger partial charge on any atom is -0.355 e. The molecule has 0 bridgehead atoms. The predicted molar refractivity (Wildman–Crippen MR) is 67.5 cm³/mol. The molecule has 1 aliphatic heterocycles. The predicted octanol–water partition coefficient (Wildman–Crippen LogP) is 3.33. The lowest BCUT2D eigenvalue weighted by atomic mass is 9.91. The molecule has 0 amide bonds.